The summed E-state index contributed by atoms with van der Waals surface area (Å²) in [5.41, 5.74) is 5.03. The van der Waals surface area contributed by atoms with Gasteiger partial charge in [-0.05, 0) is 31.0 Å². The van der Waals surface area contributed by atoms with Crippen molar-refractivity contribution in [3.05, 3.63) is 84.4 Å². The summed E-state index contributed by atoms with van der Waals surface area (Å²) in [6, 6.07) is 26.0. The molecule has 1 aromatic heterocycles. The number of benzene rings is 3. The molecule has 0 aliphatic heterocycles. The van der Waals surface area contributed by atoms with Crippen molar-refractivity contribution in [2.75, 3.05) is 5.32 Å². The van der Waals surface area contributed by atoms with Crippen molar-refractivity contribution in [2.24, 2.45) is 7.05 Å². The van der Waals surface area contributed by atoms with E-state index < -0.39 is 0 Å². The number of nitrogens with zero attached hydrogens (tertiary/aromatic N) is 3. The van der Waals surface area contributed by atoms with E-state index in [0.29, 0.717) is 5.16 Å². The molecule has 156 valence electrons. The maximum atomic E-state index is 13.0. The first-order valence-corrected chi connectivity index (χ1v) is 11.0. The smallest absolute Gasteiger partial charge is 0.237 e. The summed E-state index contributed by atoms with van der Waals surface area (Å²) in [4.78, 5) is 13.0. The van der Waals surface area contributed by atoms with Crippen LogP contribution < -0.4 is 5.32 Å². The Morgan fingerprint density at radius 2 is 1.55 bits per heavy atom. The minimum absolute atomic E-state index is 0.0752. The second-order valence-electron chi connectivity index (χ2n) is 7.34. The lowest BCUT2D eigenvalue weighted by Gasteiger charge is -2.15. The van der Waals surface area contributed by atoms with Gasteiger partial charge < -0.3 is 9.88 Å². The molecule has 1 N–H and O–H groups in total. The maximum Gasteiger partial charge on any atom is 0.237 e. The number of carbonyl (C=O) groups excluding carboxylic acids is 1. The van der Waals surface area contributed by atoms with Crippen LogP contribution in [0.25, 0.3) is 22.5 Å². The molecule has 1 heterocycles. The SMILES string of the molecule is Cc1ccccc1-c1nnc(SC(C)C(=O)Nc2ccccc2-c2ccccc2)n1C. The predicted octanol–water partition coefficient (Wildman–Crippen LogP) is 5.58. The van der Waals surface area contributed by atoms with Gasteiger partial charge in [-0.25, -0.2) is 0 Å². The van der Waals surface area contributed by atoms with E-state index in [2.05, 4.69) is 28.5 Å². The van der Waals surface area contributed by atoms with Crippen LogP contribution in [0.3, 0.4) is 0 Å². The number of nitrogens with one attached hydrogen (secondary N) is 1. The number of rotatable bonds is 6. The highest BCUT2D eigenvalue weighted by Crippen LogP contribution is 2.30. The van der Waals surface area contributed by atoms with E-state index in [4.69, 9.17) is 0 Å². The van der Waals surface area contributed by atoms with Gasteiger partial charge in [0.1, 0.15) is 0 Å². The van der Waals surface area contributed by atoms with Crippen LogP contribution in [0.1, 0.15) is 12.5 Å². The maximum absolute atomic E-state index is 13.0. The molecule has 0 fully saturated rings. The average molecular weight is 429 g/mol. The van der Waals surface area contributed by atoms with Gasteiger partial charge in [-0.3, -0.25) is 4.79 Å². The van der Waals surface area contributed by atoms with Gasteiger partial charge in [0.15, 0.2) is 11.0 Å². The summed E-state index contributed by atoms with van der Waals surface area (Å²) in [7, 11) is 1.93. The Kier molecular flexibility index (Phi) is 6.18. The fraction of sp³-hybridized carbons (Fsp3) is 0.160. The van der Waals surface area contributed by atoms with Crippen molar-refractivity contribution in [1.82, 2.24) is 14.8 Å². The summed E-state index contributed by atoms with van der Waals surface area (Å²) >= 11 is 1.40. The fourth-order valence-corrected chi connectivity index (χ4v) is 4.20. The monoisotopic (exact) mass is 428 g/mol. The molecule has 5 nitrogen and oxygen atoms in total. The summed E-state index contributed by atoms with van der Waals surface area (Å²) in [5.74, 6) is 0.719. The molecule has 0 spiro atoms. The van der Waals surface area contributed by atoms with Gasteiger partial charge in [-0.1, -0.05) is 84.6 Å². The molecule has 1 amide bonds. The average Bonchev–Trinajstić information content (AvgIpc) is 3.15. The molecule has 6 heteroatoms. The normalized spacial score (nSPS) is 11.8. The van der Waals surface area contributed by atoms with Crippen molar-refractivity contribution in [3.63, 3.8) is 0 Å². The molecular formula is C25H24N4OS. The molecule has 4 aromatic rings. The van der Waals surface area contributed by atoms with E-state index in [1.165, 1.54) is 11.8 Å². The zero-order chi connectivity index (χ0) is 21.8. The lowest BCUT2D eigenvalue weighted by Crippen LogP contribution is -2.23. The third-order valence-electron chi connectivity index (χ3n) is 5.14. The van der Waals surface area contributed by atoms with Crippen LogP contribution in [0, 0.1) is 6.92 Å². The van der Waals surface area contributed by atoms with E-state index in [0.717, 1.165) is 33.8 Å². The third kappa shape index (κ3) is 4.54. The molecule has 31 heavy (non-hydrogen) atoms. The first-order chi connectivity index (χ1) is 15.0. The molecule has 4 rings (SSSR count). The summed E-state index contributed by atoms with van der Waals surface area (Å²) in [6.07, 6.45) is 0. The van der Waals surface area contributed by atoms with E-state index in [1.54, 1.807) is 0 Å². The van der Waals surface area contributed by atoms with Gasteiger partial charge in [0.2, 0.25) is 5.91 Å². The second-order valence-corrected chi connectivity index (χ2v) is 8.65. The topological polar surface area (TPSA) is 59.8 Å². The molecule has 1 unspecified atom stereocenters. The van der Waals surface area contributed by atoms with Crippen LogP contribution in [-0.4, -0.2) is 25.9 Å². The molecule has 0 aliphatic carbocycles. The Balaban J connectivity index is 1.51. The lowest BCUT2D eigenvalue weighted by atomic mass is 10.0. The molecule has 1 atom stereocenters. The Morgan fingerprint density at radius 3 is 2.29 bits per heavy atom. The van der Waals surface area contributed by atoms with Crippen LogP contribution in [-0.2, 0) is 11.8 Å². The lowest BCUT2D eigenvalue weighted by molar-refractivity contribution is -0.115. The zero-order valence-electron chi connectivity index (χ0n) is 17.7. The number of hydrogen-bond donors (Lipinski definition) is 1. The quantitative estimate of drug-likeness (QED) is 0.408. The van der Waals surface area contributed by atoms with Gasteiger partial charge in [0.25, 0.3) is 0 Å². The number of anilines is 1. The molecule has 0 aliphatic rings. The van der Waals surface area contributed by atoms with E-state index in [9.17, 15) is 4.79 Å². The van der Waals surface area contributed by atoms with Gasteiger partial charge in [-0.2, -0.15) is 0 Å². The standard InChI is InChI=1S/C25H24N4OS/c1-17-11-7-8-14-20(17)23-27-28-25(29(23)3)31-18(2)24(30)26-22-16-10-9-15-21(22)19-12-5-4-6-13-19/h4-16,18H,1-3H3,(H,26,30). The number of aromatic nitrogens is 3. The van der Waals surface area contributed by atoms with Crippen LogP contribution >= 0.6 is 11.8 Å². The number of para-hydroxylation sites is 1. The van der Waals surface area contributed by atoms with Gasteiger partial charge in [-0.15, -0.1) is 10.2 Å². The largest absolute Gasteiger partial charge is 0.325 e. The second kappa shape index (κ2) is 9.18. The van der Waals surface area contributed by atoms with Crippen molar-refractivity contribution >= 4 is 23.4 Å². The number of aryl methyl sites for hydroxylation is 1. The Morgan fingerprint density at radius 1 is 0.903 bits per heavy atom. The Labute approximate surface area is 186 Å². The van der Waals surface area contributed by atoms with Gasteiger partial charge >= 0.3 is 0 Å². The van der Waals surface area contributed by atoms with E-state index in [-0.39, 0.29) is 11.2 Å². The number of thioether (sulfide) groups is 1. The minimum Gasteiger partial charge on any atom is -0.325 e. The van der Waals surface area contributed by atoms with E-state index in [1.807, 2.05) is 91.3 Å². The zero-order valence-corrected chi connectivity index (χ0v) is 18.6. The van der Waals surface area contributed by atoms with Crippen molar-refractivity contribution in [1.29, 1.82) is 0 Å². The summed E-state index contributed by atoms with van der Waals surface area (Å²) < 4.78 is 1.94. The van der Waals surface area contributed by atoms with Crippen molar-refractivity contribution < 1.29 is 4.79 Å². The highest BCUT2D eigenvalue weighted by molar-refractivity contribution is 8.00. The molecule has 0 bridgehead atoms. The summed E-state index contributed by atoms with van der Waals surface area (Å²) in [6.45, 7) is 3.93. The molecule has 0 saturated heterocycles. The third-order valence-corrected chi connectivity index (χ3v) is 6.28. The number of hydrogen-bond acceptors (Lipinski definition) is 4. The Bertz CT molecular complexity index is 1200. The van der Waals surface area contributed by atoms with Gasteiger partial charge in [0, 0.05) is 23.9 Å². The van der Waals surface area contributed by atoms with Gasteiger partial charge in [0.05, 0.1) is 5.25 Å². The number of carbonyl (C=O) groups is 1. The molecule has 3 aromatic carbocycles. The van der Waals surface area contributed by atoms with E-state index >= 15 is 0 Å². The first-order valence-electron chi connectivity index (χ1n) is 10.1. The highest BCUT2D eigenvalue weighted by Gasteiger charge is 2.20. The van der Waals surface area contributed by atoms with Crippen LogP contribution in [0.2, 0.25) is 0 Å². The predicted molar refractivity (Wildman–Crippen MR) is 127 cm³/mol. The minimum atomic E-state index is -0.337. The van der Waals surface area contributed by atoms with Crippen molar-refractivity contribution in [3.8, 4) is 22.5 Å². The van der Waals surface area contributed by atoms with Crippen LogP contribution in [0.15, 0.2) is 84.0 Å². The molecule has 0 radical (unpaired) electrons. The molecule has 0 saturated carbocycles. The van der Waals surface area contributed by atoms with Crippen LogP contribution in [0.5, 0.6) is 0 Å². The fourth-order valence-electron chi connectivity index (χ4n) is 3.38. The number of amides is 1. The Hall–Kier alpha value is -3.38. The van der Waals surface area contributed by atoms with Crippen LogP contribution in [0.4, 0.5) is 5.69 Å². The summed E-state index contributed by atoms with van der Waals surface area (Å²) in [5, 5.41) is 12.1. The molecular weight excluding hydrogens is 404 g/mol. The van der Waals surface area contributed by atoms with Crippen molar-refractivity contribution in [2.45, 2.75) is 24.3 Å². The highest BCUT2D eigenvalue weighted by atomic mass is 32.2. The first kappa shape index (κ1) is 20.9.